The number of rotatable bonds is 2. The van der Waals surface area contributed by atoms with E-state index in [1.54, 1.807) is 23.2 Å². The predicted octanol–water partition coefficient (Wildman–Crippen LogP) is 2.53. The van der Waals surface area contributed by atoms with Gasteiger partial charge in [0.15, 0.2) is 0 Å². The molecular weight excluding hydrogens is 293 g/mol. The van der Waals surface area contributed by atoms with Crippen LogP contribution in [0, 0.1) is 5.95 Å². The summed E-state index contributed by atoms with van der Waals surface area (Å²) >= 11 is 1.26. The molecule has 4 rings (SSSR count). The Balaban J connectivity index is 1.68. The summed E-state index contributed by atoms with van der Waals surface area (Å²) in [5.41, 5.74) is 2.07. The van der Waals surface area contributed by atoms with E-state index in [4.69, 9.17) is 0 Å². The average Bonchev–Trinajstić information content (AvgIpc) is 3.18. The third-order valence-corrected chi connectivity index (χ3v) is 4.00. The summed E-state index contributed by atoms with van der Waals surface area (Å²) < 4.78 is 18.2. The maximum Gasteiger partial charge on any atom is 0.350 e. The maximum atomic E-state index is 12.8. The fourth-order valence-corrected chi connectivity index (χ4v) is 2.82. The lowest BCUT2D eigenvalue weighted by atomic mass is 10.2. The van der Waals surface area contributed by atoms with Crippen LogP contribution in [0.3, 0.4) is 0 Å². The molecule has 1 aliphatic rings. The van der Waals surface area contributed by atoms with Crippen LogP contribution in [0.25, 0.3) is 11.3 Å². The van der Waals surface area contributed by atoms with Crippen molar-refractivity contribution in [1.29, 1.82) is 0 Å². The van der Waals surface area contributed by atoms with Crippen LogP contribution in [0.4, 0.5) is 14.2 Å². The third-order valence-electron chi connectivity index (χ3n) is 3.23. The van der Waals surface area contributed by atoms with Crippen LogP contribution in [0.5, 0.6) is 0 Å². The van der Waals surface area contributed by atoms with Gasteiger partial charge in [-0.1, -0.05) is 0 Å². The Labute approximate surface area is 122 Å². The minimum atomic E-state index is -0.544. The van der Waals surface area contributed by atoms with E-state index in [2.05, 4.69) is 14.5 Å². The predicted molar refractivity (Wildman–Crippen MR) is 74.5 cm³/mol. The summed E-state index contributed by atoms with van der Waals surface area (Å²) in [7, 11) is 0. The number of carbonyl (C=O) groups is 1. The molecule has 6 nitrogen and oxygen atoms in total. The first-order chi connectivity index (χ1) is 10.2. The van der Waals surface area contributed by atoms with Crippen molar-refractivity contribution in [3.63, 3.8) is 0 Å². The molecule has 0 radical (unpaired) electrons. The van der Waals surface area contributed by atoms with Crippen LogP contribution in [0.15, 0.2) is 36.7 Å². The van der Waals surface area contributed by atoms with Gasteiger partial charge in [-0.05, 0) is 35.8 Å². The van der Waals surface area contributed by atoms with Gasteiger partial charge in [-0.25, -0.2) is 9.78 Å². The number of halogens is 1. The first-order valence-corrected chi connectivity index (χ1v) is 6.93. The van der Waals surface area contributed by atoms with Crippen LogP contribution in [-0.4, -0.2) is 25.2 Å². The standard InChI is InChI=1S/C13H8FN5OS/c14-11-2-1-8(6-15-11)10-5-9-7-18(12-3-4-16-21-12)13(20)19(9)17-10/h1-6H,7H2. The van der Waals surface area contributed by atoms with Crippen molar-refractivity contribution in [3.05, 3.63) is 48.3 Å². The van der Waals surface area contributed by atoms with Crippen molar-refractivity contribution in [2.75, 3.05) is 4.90 Å². The highest BCUT2D eigenvalue weighted by molar-refractivity contribution is 7.10. The zero-order valence-corrected chi connectivity index (χ0v) is 11.4. The van der Waals surface area contributed by atoms with Crippen molar-refractivity contribution in [2.24, 2.45) is 0 Å². The van der Waals surface area contributed by atoms with Crippen LogP contribution in [0.2, 0.25) is 0 Å². The van der Waals surface area contributed by atoms with Crippen molar-refractivity contribution in [3.8, 4) is 11.3 Å². The highest BCUT2D eigenvalue weighted by Crippen LogP contribution is 2.29. The van der Waals surface area contributed by atoms with Gasteiger partial charge in [-0.15, -0.1) is 0 Å². The lowest BCUT2D eigenvalue weighted by Crippen LogP contribution is -2.25. The van der Waals surface area contributed by atoms with E-state index in [9.17, 15) is 9.18 Å². The summed E-state index contributed by atoms with van der Waals surface area (Å²) in [6.07, 6.45) is 3.06. The Bertz CT molecular complexity index is 812. The van der Waals surface area contributed by atoms with E-state index in [0.717, 1.165) is 10.7 Å². The summed E-state index contributed by atoms with van der Waals surface area (Å²) in [5, 5.41) is 5.07. The molecule has 4 heterocycles. The summed E-state index contributed by atoms with van der Waals surface area (Å²) in [6.45, 7) is 0.447. The molecule has 0 fully saturated rings. The summed E-state index contributed by atoms with van der Waals surface area (Å²) in [6, 6.07) is 6.25. The van der Waals surface area contributed by atoms with Gasteiger partial charge in [0.25, 0.3) is 0 Å². The van der Waals surface area contributed by atoms with Gasteiger partial charge in [0.05, 0.1) is 17.9 Å². The van der Waals surface area contributed by atoms with Crippen LogP contribution in [0.1, 0.15) is 5.69 Å². The normalized spacial score (nSPS) is 13.8. The molecule has 0 N–H and O–H groups in total. The zero-order valence-electron chi connectivity index (χ0n) is 10.6. The molecule has 0 aromatic carbocycles. The summed E-state index contributed by atoms with van der Waals surface area (Å²) in [4.78, 5) is 17.5. The largest absolute Gasteiger partial charge is 0.350 e. The molecule has 21 heavy (non-hydrogen) atoms. The lowest BCUT2D eigenvalue weighted by molar-refractivity contribution is 0.248. The fourth-order valence-electron chi connectivity index (χ4n) is 2.23. The Morgan fingerprint density at radius 3 is 2.86 bits per heavy atom. The minimum Gasteiger partial charge on any atom is -0.276 e. The fraction of sp³-hybridized carbons (Fsp3) is 0.0769. The molecule has 8 heteroatoms. The number of anilines is 1. The van der Waals surface area contributed by atoms with Crippen molar-refractivity contribution >= 4 is 22.6 Å². The quantitative estimate of drug-likeness (QED) is 0.682. The molecule has 0 atom stereocenters. The molecule has 104 valence electrons. The van der Waals surface area contributed by atoms with Gasteiger partial charge in [-0.3, -0.25) is 4.90 Å². The van der Waals surface area contributed by atoms with E-state index < -0.39 is 5.95 Å². The number of nitrogens with zero attached hydrogens (tertiary/aromatic N) is 5. The van der Waals surface area contributed by atoms with Gasteiger partial charge in [-0.2, -0.15) is 18.5 Å². The molecule has 0 saturated carbocycles. The van der Waals surface area contributed by atoms with Gasteiger partial charge in [0.1, 0.15) is 5.00 Å². The van der Waals surface area contributed by atoms with Gasteiger partial charge >= 0.3 is 6.03 Å². The molecule has 1 aliphatic heterocycles. The second kappa shape index (κ2) is 4.45. The van der Waals surface area contributed by atoms with Gasteiger partial charge in [0, 0.05) is 18.0 Å². The van der Waals surface area contributed by atoms with Crippen LogP contribution in [-0.2, 0) is 6.54 Å². The molecule has 3 aromatic rings. The Kier molecular flexibility index (Phi) is 2.58. The molecule has 0 aliphatic carbocycles. The molecular formula is C13H8FN5OS. The number of fused-ring (bicyclic) bond motifs is 1. The number of hydrogen-bond donors (Lipinski definition) is 0. The molecule has 0 spiro atoms. The molecule has 0 unspecified atom stereocenters. The van der Waals surface area contributed by atoms with E-state index in [1.807, 2.05) is 6.07 Å². The topological polar surface area (TPSA) is 63.9 Å². The zero-order chi connectivity index (χ0) is 14.4. The highest BCUT2D eigenvalue weighted by Gasteiger charge is 2.31. The third kappa shape index (κ3) is 1.91. The lowest BCUT2D eigenvalue weighted by Gasteiger charge is -2.10. The Morgan fingerprint density at radius 2 is 2.19 bits per heavy atom. The van der Waals surface area contributed by atoms with E-state index in [1.165, 1.54) is 28.5 Å². The first-order valence-electron chi connectivity index (χ1n) is 6.16. The molecule has 0 saturated heterocycles. The van der Waals surface area contributed by atoms with E-state index in [-0.39, 0.29) is 6.03 Å². The minimum absolute atomic E-state index is 0.212. The maximum absolute atomic E-state index is 12.8. The number of carbonyl (C=O) groups excluding carboxylic acids is 1. The van der Waals surface area contributed by atoms with Gasteiger partial charge < -0.3 is 0 Å². The van der Waals surface area contributed by atoms with E-state index >= 15 is 0 Å². The number of hydrogen-bond acceptors (Lipinski definition) is 5. The Hall–Kier alpha value is -2.61. The summed E-state index contributed by atoms with van der Waals surface area (Å²) in [5.74, 6) is -0.544. The van der Waals surface area contributed by atoms with E-state index in [0.29, 0.717) is 17.8 Å². The van der Waals surface area contributed by atoms with Crippen LogP contribution >= 0.6 is 11.5 Å². The van der Waals surface area contributed by atoms with Crippen molar-refractivity contribution in [1.82, 2.24) is 19.1 Å². The molecule has 1 amide bonds. The second-order valence-corrected chi connectivity index (χ2v) is 5.33. The van der Waals surface area contributed by atoms with Crippen LogP contribution < -0.4 is 4.90 Å². The smallest absolute Gasteiger partial charge is 0.276 e. The number of aromatic nitrogens is 4. The van der Waals surface area contributed by atoms with Crippen molar-refractivity contribution < 1.29 is 9.18 Å². The first kappa shape index (κ1) is 12.2. The monoisotopic (exact) mass is 301 g/mol. The molecule has 0 bridgehead atoms. The molecule has 3 aromatic heterocycles. The number of amides is 1. The Morgan fingerprint density at radius 1 is 1.29 bits per heavy atom. The average molecular weight is 301 g/mol. The highest BCUT2D eigenvalue weighted by atomic mass is 32.1. The number of pyridine rings is 1. The van der Waals surface area contributed by atoms with Gasteiger partial charge in [0.2, 0.25) is 5.95 Å². The van der Waals surface area contributed by atoms with Crippen molar-refractivity contribution in [2.45, 2.75) is 6.54 Å². The SMILES string of the molecule is O=C1N(c2ccns2)Cc2cc(-c3ccc(F)nc3)nn21. The second-order valence-electron chi connectivity index (χ2n) is 4.52.